The monoisotopic (exact) mass is 302 g/mol. The second-order valence-electron chi connectivity index (χ2n) is 4.82. The van der Waals surface area contributed by atoms with Crippen molar-refractivity contribution in [2.75, 3.05) is 13.7 Å². The van der Waals surface area contributed by atoms with E-state index in [0.29, 0.717) is 24.5 Å². The van der Waals surface area contributed by atoms with Gasteiger partial charge in [0, 0.05) is 6.07 Å². The van der Waals surface area contributed by atoms with Gasteiger partial charge >= 0.3 is 5.69 Å². The van der Waals surface area contributed by atoms with Gasteiger partial charge in [-0.1, -0.05) is 18.2 Å². The zero-order chi connectivity index (χ0) is 16.1. The van der Waals surface area contributed by atoms with Crippen molar-refractivity contribution in [3.63, 3.8) is 0 Å². The molecule has 0 radical (unpaired) electrons. The summed E-state index contributed by atoms with van der Waals surface area (Å²) in [6.45, 7) is 2.32. The highest BCUT2D eigenvalue weighted by atomic mass is 16.6. The third kappa shape index (κ3) is 3.35. The lowest BCUT2D eigenvalue weighted by Gasteiger charge is -2.14. The highest BCUT2D eigenvalue weighted by molar-refractivity contribution is 5.54. The van der Waals surface area contributed by atoms with Crippen LogP contribution in [0.3, 0.4) is 0 Å². The predicted molar refractivity (Wildman–Crippen MR) is 83.7 cm³/mol. The molecule has 2 N–H and O–H groups in total. The summed E-state index contributed by atoms with van der Waals surface area (Å²) in [6.07, 6.45) is 0.635. The number of rotatable bonds is 6. The minimum atomic E-state index is -0.467. The average Bonchev–Trinajstić information content (AvgIpc) is 2.47. The van der Waals surface area contributed by atoms with Crippen LogP contribution in [0, 0.1) is 17.0 Å². The maximum atomic E-state index is 11.1. The Hall–Kier alpha value is -2.60. The highest BCUT2D eigenvalue weighted by Crippen LogP contribution is 2.38. The minimum Gasteiger partial charge on any atom is -0.493 e. The Labute approximate surface area is 128 Å². The van der Waals surface area contributed by atoms with E-state index in [0.717, 1.165) is 11.1 Å². The average molecular weight is 302 g/mol. The molecule has 6 heteroatoms. The molecule has 0 bridgehead atoms. The predicted octanol–water partition coefficient (Wildman–Crippen LogP) is 3.21. The molecule has 2 aromatic rings. The summed E-state index contributed by atoms with van der Waals surface area (Å²) < 4.78 is 11.1. The van der Waals surface area contributed by atoms with Crippen molar-refractivity contribution >= 4 is 5.69 Å². The first-order valence-corrected chi connectivity index (χ1v) is 6.85. The van der Waals surface area contributed by atoms with Gasteiger partial charge in [0.2, 0.25) is 5.75 Å². The van der Waals surface area contributed by atoms with Gasteiger partial charge in [0.05, 0.1) is 12.0 Å². The van der Waals surface area contributed by atoms with Gasteiger partial charge < -0.3 is 15.2 Å². The lowest BCUT2D eigenvalue weighted by Crippen LogP contribution is -2.05. The van der Waals surface area contributed by atoms with Crippen LogP contribution in [-0.4, -0.2) is 18.6 Å². The van der Waals surface area contributed by atoms with Crippen LogP contribution in [0.15, 0.2) is 36.4 Å². The lowest BCUT2D eigenvalue weighted by molar-refractivity contribution is -0.385. The number of methoxy groups -OCH3 is 1. The number of nitro benzene ring substituents is 1. The Kier molecular flexibility index (Phi) is 4.95. The summed E-state index contributed by atoms with van der Waals surface area (Å²) in [5.41, 5.74) is 7.27. The van der Waals surface area contributed by atoms with Gasteiger partial charge in [0.25, 0.3) is 0 Å². The van der Waals surface area contributed by atoms with Gasteiger partial charge in [-0.3, -0.25) is 10.1 Å². The van der Waals surface area contributed by atoms with Crippen molar-refractivity contribution < 1.29 is 14.4 Å². The number of nitrogens with two attached hydrogens (primary N) is 1. The van der Waals surface area contributed by atoms with E-state index in [1.54, 1.807) is 18.2 Å². The third-order valence-electron chi connectivity index (χ3n) is 3.21. The molecule has 0 spiro atoms. The SMILES string of the molecule is COc1c(CCN)cccc1Oc1cc(C)ccc1[N+](=O)[O-]. The number of ether oxygens (including phenoxy) is 2. The van der Waals surface area contributed by atoms with Gasteiger partial charge in [-0.05, 0) is 43.1 Å². The van der Waals surface area contributed by atoms with Crippen LogP contribution in [-0.2, 0) is 6.42 Å². The molecule has 0 aromatic heterocycles. The van der Waals surface area contributed by atoms with E-state index >= 15 is 0 Å². The fourth-order valence-electron chi connectivity index (χ4n) is 2.20. The number of hydrogen-bond acceptors (Lipinski definition) is 5. The summed E-state index contributed by atoms with van der Waals surface area (Å²) in [4.78, 5) is 10.7. The first kappa shape index (κ1) is 15.8. The molecule has 0 unspecified atom stereocenters. The van der Waals surface area contributed by atoms with Gasteiger partial charge in [-0.15, -0.1) is 0 Å². The zero-order valence-corrected chi connectivity index (χ0v) is 12.5. The van der Waals surface area contributed by atoms with Crippen molar-refractivity contribution in [1.82, 2.24) is 0 Å². The number of nitro groups is 1. The number of benzene rings is 2. The third-order valence-corrected chi connectivity index (χ3v) is 3.21. The van der Waals surface area contributed by atoms with Crippen LogP contribution < -0.4 is 15.2 Å². The molecule has 22 heavy (non-hydrogen) atoms. The lowest BCUT2D eigenvalue weighted by atomic mass is 10.1. The van der Waals surface area contributed by atoms with E-state index in [2.05, 4.69) is 0 Å². The maximum absolute atomic E-state index is 11.1. The topological polar surface area (TPSA) is 87.6 Å². The summed E-state index contributed by atoms with van der Waals surface area (Å²) in [6, 6.07) is 10.2. The molecule has 2 aromatic carbocycles. The fourth-order valence-corrected chi connectivity index (χ4v) is 2.20. The van der Waals surface area contributed by atoms with Gasteiger partial charge in [-0.2, -0.15) is 0 Å². The van der Waals surface area contributed by atoms with Crippen LogP contribution in [0.2, 0.25) is 0 Å². The van der Waals surface area contributed by atoms with Crippen molar-refractivity contribution in [3.8, 4) is 17.2 Å². The number of para-hydroxylation sites is 1. The Bertz CT molecular complexity index is 686. The molecular formula is C16H18N2O4. The van der Waals surface area contributed by atoms with Gasteiger partial charge in [0.1, 0.15) is 0 Å². The van der Waals surface area contributed by atoms with E-state index in [1.165, 1.54) is 13.2 Å². The van der Waals surface area contributed by atoms with Gasteiger partial charge in [-0.25, -0.2) is 0 Å². The van der Waals surface area contributed by atoms with Crippen molar-refractivity contribution in [1.29, 1.82) is 0 Å². The summed E-state index contributed by atoms with van der Waals surface area (Å²) in [5, 5.41) is 11.1. The molecule has 0 atom stereocenters. The summed E-state index contributed by atoms with van der Waals surface area (Å²) in [5.74, 6) is 1.17. The molecule has 6 nitrogen and oxygen atoms in total. The van der Waals surface area contributed by atoms with Crippen LogP contribution in [0.25, 0.3) is 0 Å². The van der Waals surface area contributed by atoms with E-state index in [1.807, 2.05) is 19.1 Å². The molecule has 0 heterocycles. The largest absolute Gasteiger partial charge is 0.493 e. The second kappa shape index (κ2) is 6.91. The molecule has 0 saturated carbocycles. The summed E-state index contributed by atoms with van der Waals surface area (Å²) in [7, 11) is 1.53. The standard InChI is InChI=1S/C16H18N2O4/c1-11-6-7-13(18(19)20)15(10-11)22-14-5-3-4-12(8-9-17)16(14)21-2/h3-7,10H,8-9,17H2,1-2H3. The summed E-state index contributed by atoms with van der Waals surface area (Å²) >= 11 is 0. The highest BCUT2D eigenvalue weighted by Gasteiger charge is 2.18. The normalized spacial score (nSPS) is 10.3. The zero-order valence-electron chi connectivity index (χ0n) is 12.5. The number of hydrogen-bond donors (Lipinski definition) is 1. The van der Waals surface area contributed by atoms with E-state index in [-0.39, 0.29) is 11.4 Å². The van der Waals surface area contributed by atoms with E-state index in [4.69, 9.17) is 15.2 Å². The maximum Gasteiger partial charge on any atom is 0.311 e. The Morgan fingerprint density at radius 2 is 2.00 bits per heavy atom. The molecular weight excluding hydrogens is 284 g/mol. The number of aryl methyl sites for hydroxylation is 1. The molecule has 0 fully saturated rings. The molecule has 0 saturated heterocycles. The quantitative estimate of drug-likeness (QED) is 0.654. The van der Waals surface area contributed by atoms with Crippen molar-refractivity contribution in [3.05, 3.63) is 57.6 Å². The van der Waals surface area contributed by atoms with Crippen LogP contribution in [0.4, 0.5) is 5.69 Å². The first-order valence-electron chi connectivity index (χ1n) is 6.85. The molecule has 2 rings (SSSR count). The molecule has 0 amide bonds. The van der Waals surface area contributed by atoms with Crippen LogP contribution in [0.1, 0.15) is 11.1 Å². The van der Waals surface area contributed by atoms with Gasteiger partial charge in [0.15, 0.2) is 11.5 Å². The Balaban J connectivity index is 2.45. The minimum absolute atomic E-state index is 0.0862. The number of nitrogens with zero attached hydrogens (tertiary/aromatic N) is 1. The van der Waals surface area contributed by atoms with E-state index in [9.17, 15) is 10.1 Å². The fraction of sp³-hybridized carbons (Fsp3) is 0.250. The molecule has 0 aliphatic carbocycles. The molecule has 0 aliphatic rings. The van der Waals surface area contributed by atoms with E-state index < -0.39 is 4.92 Å². The Morgan fingerprint density at radius 1 is 1.23 bits per heavy atom. The first-order chi connectivity index (χ1) is 10.6. The van der Waals surface area contributed by atoms with Crippen molar-refractivity contribution in [2.45, 2.75) is 13.3 Å². The second-order valence-corrected chi connectivity index (χ2v) is 4.82. The van der Waals surface area contributed by atoms with Crippen LogP contribution in [0.5, 0.6) is 17.2 Å². The molecule has 0 aliphatic heterocycles. The smallest absolute Gasteiger partial charge is 0.311 e. The Morgan fingerprint density at radius 3 is 2.64 bits per heavy atom. The van der Waals surface area contributed by atoms with Crippen molar-refractivity contribution in [2.24, 2.45) is 5.73 Å². The molecule has 116 valence electrons. The van der Waals surface area contributed by atoms with Crippen LogP contribution >= 0.6 is 0 Å².